The molecule has 3 nitrogen and oxygen atoms in total. The molecule has 2 aromatic rings. The number of rotatable bonds is 5. The molecular formula is C16H23N3S2. The van der Waals surface area contributed by atoms with Gasteiger partial charge in [0.1, 0.15) is 0 Å². The summed E-state index contributed by atoms with van der Waals surface area (Å²) >= 11 is 3.57. The Hall–Kier alpha value is -0.780. The quantitative estimate of drug-likeness (QED) is 0.903. The molecule has 5 heteroatoms. The van der Waals surface area contributed by atoms with Crippen molar-refractivity contribution in [1.82, 2.24) is 15.3 Å². The highest BCUT2D eigenvalue weighted by Crippen LogP contribution is 2.31. The summed E-state index contributed by atoms with van der Waals surface area (Å²) in [6.07, 6.45) is 3.52. The van der Waals surface area contributed by atoms with E-state index in [1.807, 2.05) is 11.3 Å². The second-order valence-electron chi connectivity index (χ2n) is 6.82. The van der Waals surface area contributed by atoms with Crippen molar-refractivity contribution >= 4 is 22.7 Å². The summed E-state index contributed by atoms with van der Waals surface area (Å²) in [5.74, 6) is 0. The number of hydrogen-bond donors (Lipinski definition) is 1. The van der Waals surface area contributed by atoms with Crippen LogP contribution in [0, 0.1) is 6.92 Å². The number of nitrogens with zero attached hydrogens (tertiary/aromatic N) is 2. The molecule has 0 amide bonds. The van der Waals surface area contributed by atoms with Crippen LogP contribution in [0.5, 0.6) is 0 Å². The van der Waals surface area contributed by atoms with Gasteiger partial charge in [0.15, 0.2) is 0 Å². The Morgan fingerprint density at radius 3 is 2.62 bits per heavy atom. The van der Waals surface area contributed by atoms with Gasteiger partial charge in [-0.05, 0) is 19.8 Å². The van der Waals surface area contributed by atoms with E-state index in [0.717, 1.165) is 29.7 Å². The summed E-state index contributed by atoms with van der Waals surface area (Å²) in [6, 6.07) is 0.740. The van der Waals surface area contributed by atoms with Crippen LogP contribution < -0.4 is 5.32 Å². The van der Waals surface area contributed by atoms with Crippen molar-refractivity contribution < 1.29 is 0 Å². The van der Waals surface area contributed by atoms with E-state index in [1.54, 1.807) is 11.3 Å². The first kappa shape index (κ1) is 15.1. The topological polar surface area (TPSA) is 37.8 Å². The summed E-state index contributed by atoms with van der Waals surface area (Å²) in [4.78, 5) is 10.9. The lowest BCUT2D eigenvalue weighted by Gasteiger charge is -2.17. The molecule has 1 N–H and O–H groups in total. The number of hydrogen-bond acceptors (Lipinski definition) is 5. The van der Waals surface area contributed by atoms with E-state index in [4.69, 9.17) is 4.98 Å². The maximum atomic E-state index is 4.93. The zero-order valence-electron chi connectivity index (χ0n) is 13.2. The molecule has 2 heterocycles. The van der Waals surface area contributed by atoms with Crippen molar-refractivity contribution in [3.05, 3.63) is 31.7 Å². The first-order valence-corrected chi connectivity index (χ1v) is 9.25. The third-order valence-corrected chi connectivity index (χ3v) is 5.46. The summed E-state index contributed by atoms with van der Waals surface area (Å²) in [5, 5.41) is 8.10. The maximum absolute atomic E-state index is 4.93. The molecule has 1 aliphatic carbocycles. The molecule has 0 saturated heterocycles. The van der Waals surface area contributed by atoms with Crippen LogP contribution in [0.1, 0.15) is 59.9 Å². The molecule has 0 aliphatic heterocycles. The van der Waals surface area contributed by atoms with Crippen LogP contribution in [0.3, 0.4) is 0 Å². The van der Waals surface area contributed by atoms with Gasteiger partial charge in [-0.3, -0.25) is 0 Å². The SMILES string of the molecule is Cc1nc(Cc2nc(C(C)(C)C)c(CNC3CC3)s2)cs1. The van der Waals surface area contributed by atoms with E-state index in [9.17, 15) is 0 Å². The molecular weight excluding hydrogens is 298 g/mol. The van der Waals surface area contributed by atoms with Crippen molar-refractivity contribution in [1.29, 1.82) is 0 Å². The Labute approximate surface area is 134 Å². The second kappa shape index (κ2) is 5.78. The highest BCUT2D eigenvalue weighted by atomic mass is 32.1. The fourth-order valence-corrected chi connectivity index (χ4v) is 4.21. The van der Waals surface area contributed by atoms with Crippen molar-refractivity contribution in [3.63, 3.8) is 0 Å². The van der Waals surface area contributed by atoms with E-state index in [-0.39, 0.29) is 5.41 Å². The van der Waals surface area contributed by atoms with E-state index < -0.39 is 0 Å². The lowest BCUT2D eigenvalue weighted by atomic mass is 9.91. The minimum absolute atomic E-state index is 0.104. The molecule has 1 saturated carbocycles. The van der Waals surface area contributed by atoms with Crippen LogP contribution in [-0.4, -0.2) is 16.0 Å². The number of nitrogens with one attached hydrogen (secondary N) is 1. The van der Waals surface area contributed by atoms with Gasteiger partial charge in [-0.1, -0.05) is 20.8 Å². The summed E-state index contributed by atoms with van der Waals surface area (Å²) in [6.45, 7) is 9.77. The number of thiazole rings is 2. The van der Waals surface area contributed by atoms with Gasteiger partial charge in [-0.15, -0.1) is 22.7 Å². The third-order valence-electron chi connectivity index (χ3n) is 3.58. The van der Waals surface area contributed by atoms with E-state index in [2.05, 4.69) is 43.4 Å². The lowest BCUT2D eigenvalue weighted by molar-refractivity contribution is 0.557. The monoisotopic (exact) mass is 321 g/mol. The van der Waals surface area contributed by atoms with Gasteiger partial charge >= 0.3 is 0 Å². The minimum atomic E-state index is 0.104. The summed E-state index contributed by atoms with van der Waals surface area (Å²) < 4.78 is 0. The van der Waals surface area contributed by atoms with Gasteiger partial charge in [0.2, 0.25) is 0 Å². The van der Waals surface area contributed by atoms with Crippen LogP contribution in [0.4, 0.5) is 0 Å². The van der Waals surface area contributed by atoms with Crippen molar-refractivity contribution in [2.75, 3.05) is 0 Å². The Bertz CT molecular complexity index is 618. The molecule has 0 spiro atoms. The maximum Gasteiger partial charge on any atom is 0.0991 e. The molecule has 2 aromatic heterocycles. The van der Waals surface area contributed by atoms with E-state index in [1.165, 1.54) is 28.4 Å². The van der Waals surface area contributed by atoms with Crippen LogP contribution in [0.25, 0.3) is 0 Å². The molecule has 0 atom stereocenters. The summed E-state index contributed by atoms with van der Waals surface area (Å²) in [7, 11) is 0. The number of aryl methyl sites for hydroxylation is 1. The van der Waals surface area contributed by atoms with Crippen LogP contribution in [-0.2, 0) is 18.4 Å². The Kier molecular flexibility index (Phi) is 4.17. The van der Waals surface area contributed by atoms with Gasteiger partial charge in [-0.25, -0.2) is 9.97 Å². The van der Waals surface area contributed by atoms with Crippen LogP contribution in [0.2, 0.25) is 0 Å². The van der Waals surface area contributed by atoms with Gasteiger partial charge in [0.25, 0.3) is 0 Å². The first-order chi connectivity index (χ1) is 9.91. The molecule has 0 radical (unpaired) electrons. The molecule has 21 heavy (non-hydrogen) atoms. The second-order valence-corrected chi connectivity index (χ2v) is 9.05. The van der Waals surface area contributed by atoms with Crippen LogP contribution in [0.15, 0.2) is 5.38 Å². The highest BCUT2D eigenvalue weighted by Gasteiger charge is 2.26. The lowest BCUT2D eigenvalue weighted by Crippen LogP contribution is -2.20. The minimum Gasteiger partial charge on any atom is -0.309 e. The zero-order chi connectivity index (χ0) is 15.0. The zero-order valence-corrected chi connectivity index (χ0v) is 14.8. The molecule has 114 valence electrons. The Morgan fingerprint density at radius 1 is 1.29 bits per heavy atom. The van der Waals surface area contributed by atoms with E-state index in [0.29, 0.717) is 0 Å². The van der Waals surface area contributed by atoms with Crippen molar-refractivity contribution in [2.24, 2.45) is 0 Å². The normalized spacial score (nSPS) is 15.6. The van der Waals surface area contributed by atoms with E-state index >= 15 is 0 Å². The van der Waals surface area contributed by atoms with Gasteiger partial charge < -0.3 is 5.32 Å². The molecule has 3 rings (SSSR count). The summed E-state index contributed by atoms with van der Waals surface area (Å²) in [5.41, 5.74) is 2.50. The molecule has 0 aromatic carbocycles. The predicted molar refractivity (Wildman–Crippen MR) is 90.3 cm³/mol. The Balaban J connectivity index is 1.80. The van der Waals surface area contributed by atoms with Gasteiger partial charge in [0, 0.05) is 34.7 Å². The predicted octanol–water partition coefficient (Wildman–Crippen LogP) is 4.05. The third kappa shape index (κ3) is 3.90. The van der Waals surface area contributed by atoms with Gasteiger partial charge in [-0.2, -0.15) is 0 Å². The van der Waals surface area contributed by atoms with Crippen molar-refractivity contribution in [2.45, 2.75) is 65.0 Å². The fraction of sp³-hybridized carbons (Fsp3) is 0.625. The highest BCUT2D eigenvalue weighted by molar-refractivity contribution is 7.11. The van der Waals surface area contributed by atoms with Gasteiger partial charge in [0.05, 0.1) is 21.4 Å². The molecule has 0 bridgehead atoms. The molecule has 1 aliphatic rings. The first-order valence-electron chi connectivity index (χ1n) is 7.55. The number of aromatic nitrogens is 2. The average Bonchev–Trinajstić information content (AvgIpc) is 2.99. The smallest absolute Gasteiger partial charge is 0.0991 e. The fourth-order valence-electron chi connectivity index (χ4n) is 2.35. The van der Waals surface area contributed by atoms with Crippen LogP contribution >= 0.6 is 22.7 Å². The largest absolute Gasteiger partial charge is 0.309 e. The Morgan fingerprint density at radius 2 is 2.05 bits per heavy atom. The molecule has 0 unspecified atom stereocenters. The molecule has 1 fully saturated rings. The standard InChI is InChI=1S/C16H23N3S2/c1-10-18-12(9-20-10)7-14-19-15(16(2,3)4)13(21-14)8-17-11-5-6-11/h9,11,17H,5-8H2,1-4H3. The average molecular weight is 322 g/mol. The van der Waals surface area contributed by atoms with Crippen molar-refractivity contribution in [3.8, 4) is 0 Å².